The van der Waals surface area contributed by atoms with E-state index in [4.69, 9.17) is 4.74 Å². The van der Waals surface area contributed by atoms with Crippen molar-refractivity contribution in [3.8, 4) is 16.9 Å². The highest BCUT2D eigenvalue weighted by Gasteiger charge is 2.20. The molecule has 3 nitrogen and oxygen atoms in total. The Morgan fingerprint density at radius 3 is 2.68 bits per heavy atom. The van der Waals surface area contributed by atoms with Gasteiger partial charge in [-0.05, 0) is 53.8 Å². The van der Waals surface area contributed by atoms with Gasteiger partial charge in [0.2, 0.25) is 0 Å². The van der Waals surface area contributed by atoms with E-state index in [9.17, 15) is 4.79 Å². The number of carbonyl (C=O) groups excluding carboxylic acids is 1. The van der Waals surface area contributed by atoms with Crippen LogP contribution in [0.4, 0.5) is 0 Å². The maximum absolute atomic E-state index is 12.5. The summed E-state index contributed by atoms with van der Waals surface area (Å²) in [5.74, 6) is 1.15. The van der Waals surface area contributed by atoms with Crippen LogP contribution in [-0.4, -0.2) is 30.5 Å². The van der Waals surface area contributed by atoms with Gasteiger partial charge in [-0.2, -0.15) is 0 Å². The number of hydrogen-bond donors (Lipinski definition) is 0. The smallest absolute Gasteiger partial charge is 0.253 e. The van der Waals surface area contributed by atoms with Crippen LogP contribution >= 0.6 is 0 Å². The predicted octanol–water partition coefficient (Wildman–Crippen LogP) is 3.52. The van der Waals surface area contributed by atoms with Crippen LogP contribution in [0.5, 0.6) is 5.75 Å². The van der Waals surface area contributed by atoms with E-state index in [1.807, 2.05) is 29.2 Å². The largest absolute Gasteiger partial charge is 0.493 e. The van der Waals surface area contributed by atoms with Crippen molar-refractivity contribution < 1.29 is 9.53 Å². The second kappa shape index (κ2) is 5.48. The Morgan fingerprint density at radius 2 is 1.82 bits per heavy atom. The number of likely N-dealkylation sites (tertiary alicyclic amines) is 1. The molecule has 112 valence electrons. The van der Waals surface area contributed by atoms with Crippen LogP contribution < -0.4 is 4.74 Å². The van der Waals surface area contributed by atoms with Gasteiger partial charge in [0.05, 0.1) is 6.61 Å². The van der Waals surface area contributed by atoms with Gasteiger partial charge in [-0.3, -0.25) is 4.79 Å². The molecule has 2 aliphatic rings. The van der Waals surface area contributed by atoms with Crippen molar-refractivity contribution in [3.63, 3.8) is 0 Å². The van der Waals surface area contributed by atoms with Crippen molar-refractivity contribution in [3.05, 3.63) is 53.6 Å². The number of ether oxygens (including phenoxy) is 1. The summed E-state index contributed by atoms with van der Waals surface area (Å²) < 4.78 is 5.56. The number of carbonyl (C=O) groups is 1. The van der Waals surface area contributed by atoms with E-state index in [1.54, 1.807) is 0 Å². The highest BCUT2D eigenvalue weighted by Crippen LogP contribution is 2.31. The Kier molecular flexibility index (Phi) is 3.34. The summed E-state index contributed by atoms with van der Waals surface area (Å²) in [6, 6.07) is 14.3. The lowest BCUT2D eigenvalue weighted by molar-refractivity contribution is 0.0793. The van der Waals surface area contributed by atoms with Crippen molar-refractivity contribution >= 4 is 5.91 Å². The summed E-state index contributed by atoms with van der Waals surface area (Å²) in [5.41, 5.74) is 4.30. The number of nitrogens with zero attached hydrogens (tertiary/aromatic N) is 1. The number of hydrogen-bond acceptors (Lipinski definition) is 2. The van der Waals surface area contributed by atoms with Crippen molar-refractivity contribution in [1.29, 1.82) is 0 Å². The van der Waals surface area contributed by atoms with Gasteiger partial charge >= 0.3 is 0 Å². The number of benzene rings is 2. The second-order valence-corrected chi connectivity index (χ2v) is 6.00. The molecule has 2 heterocycles. The maximum Gasteiger partial charge on any atom is 0.253 e. The molecule has 1 amide bonds. The normalized spacial score (nSPS) is 16.5. The monoisotopic (exact) mass is 293 g/mol. The molecule has 3 heteroatoms. The maximum atomic E-state index is 12.5. The van der Waals surface area contributed by atoms with Gasteiger partial charge in [0.15, 0.2) is 0 Å². The molecule has 0 N–H and O–H groups in total. The minimum atomic E-state index is 0.156. The Morgan fingerprint density at radius 1 is 1.00 bits per heavy atom. The van der Waals surface area contributed by atoms with Crippen molar-refractivity contribution in [1.82, 2.24) is 4.90 Å². The molecule has 0 atom stereocenters. The van der Waals surface area contributed by atoms with E-state index in [-0.39, 0.29) is 5.91 Å². The molecule has 2 aliphatic heterocycles. The molecule has 1 fully saturated rings. The first-order chi connectivity index (χ1) is 10.8. The van der Waals surface area contributed by atoms with Gasteiger partial charge in [0, 0.05) is 25.1 Å². The molecule has 0 spiro atoms. The zero-order valence-electron chi connectivity index (χ0n) is 12.5. The highest BCUT2D eigenvalue weighted by atomic mass is 16.5. The van der Waals surface area contributed by atoms with Crippen LogP contribution in [-0.2, 0) is 6.42 Å². The standard InChI is InChI=1S/C19H19NO2/c21-19(20-9-1-2-10-20)17-5-3-4-14(13-17)15-6-7-18-16(12-15)8-11-22-18/h3-7,12-13H,1-2,8-11H2. The van der Waals surface area contributed by atoms with Crippen LogP contribution in [0.2, 0.25) is 0 Å². The molecular weight excluding hydrogens is 274 g/mol. The van der Waals surface area contributed by atoms with E-state index >= 15 is 0 Å². The van der Waals surface area contributed by atoms with Crippen LogP contribution in [0.15, 0.2) is 42.5 Å². The van der Waals surface area contributed by atoms with E-state index < -0.39 is 0 Å². The second-order valence-electron chi connectivity index (χ2n) is 6.00. The summed E-state index contributed by atoms with van der Waals surface area (Å²) in [6.45, 7) is 2.55. The highest BCUT2D eigenvalue weighted by molar-refractivity contribution is 5.95. The molecule has 0 aliphatic carbocycles. The molecule has 0 aromatic heterocycles. The minimum Gasteiger partial charge on any atom is -0.493 e. The average molecular weight is 293 g/mol. The molecule has 0 saturated carbocycles. The predicted molar refractivity (Wildman–Crippen MR) is 86.2 cm³/mol. The fraction of sp³-hybridized carbons (Fsp3) is 0.316. The molecule has 22 heavy (non-hydrogen) atoms. The first kappa shape index (κ1) is 13.4. The van der Waals surface area contributed by atoms with Crippen molar-refractivity contribution in [2.24, 2.45) is 0 Å². The average Bonchev–Trinajstić information content (AvgIpc) is 3.25. The van der Waals surface area contributed by atoms with Crippen LogP contribution in [0.25, 0.3) is 11.1 Å². The Bertz CT molecular complexity index is 717. The fourth-order valence-corrected chi connectivity index (χ4v) is 3.30. The van der Waals surface area contributed by atoms with E-state index in [1.165, 1.54) is 5.56 Å². The molecule has 4 rings (SSSR count). The topological polar surface area (TPSA) is 29.5 Å². The third kappa shape index (κ3) is 2.37. The van der Waals surface area contributed by atoms with E-state index in [0.717, 1.165) is 61.4 Å². The molecular formula is C19H19NO2. The molecule has 0 bridgehead atoms. The lowest BCUT2D eigenvalue weighted by Crippen LogP contribution is -2.27. The van der Waals surface area contributed by atoms with Crippen molar-refractivity contribution in [2.75, 3.05) is 19.7 Å². The molecule has 0 radical (unpaired) electrons. The minimum absolute atomic E-state index is 0.156. The lowest BCUT2D eigenvalue weighted by Gasteiger charge is -2.15. The van der Waals surface area contributed by atoms with Crippen LogP contribution in [0.3, 0.4) is 0 Å². The summed E-state index contributed by atoms with van der Waals surface area (Å²) >= 11 is 0. The van der Waals surface area contributed by atoms with Gasteiger partial charge < -0.3 is 9.64 Å². The summed E-state index contributed by atoms with van der Waals surface area (Å²) in [5, 5.41) is 0. The Labute approximate surface area is 130 Å². The summed E-state index contributed by atoms with van der Waals surface area (Å²) in [6.07, 6.45) is 3.21. The van der Waals surface area contributed by atoms with E-state index in [2.05, 4.69) is 18.2 Å². The quantitative estimate of drug-likeness (QED) is 0.848. The van der Waals surface area contributed by atoms with E-state index in [0.29, 0.717) is 0 Å². The number of fused-ring (bicyclic) bond motifs is 1. The van der Waals surface area contributed by atoms with Gasteiger partial charge in [0.25, 0.3) is 5.91 Å². The first-order valence-electron chi connectivity index (χ1n) is 7.97. The van der Waals surface area contributed by atoms with Gasteiger partial charge in [-0.15, -0.1) is 0 Å². The van der Waals surface area contributed by atoms with Gasteiger partial charge in [-0.25, -0.2) is 0 Å². The third-order valence-electron chi connectivity index (χ3n) is 4.53. The van der Waals surface area contributed by atoms with Gasteiger partial charge in [-0.1, -0.05) is 18.2 Å². The summed E-state index contributed by atoms with van der Waals surface area (Å²) in [7, 11) is 0. The lowest BCUT2D eigenvalue weighted by atomic mass is 10.00. The first-order valence-corrected chi connectivity index (χ1v) is 7.97. The Balaban J connectivity index is 1.65. The third-order valence-corrected chi connectivity index (χ3v) is 4.53. The molecule has 2 aromatic rings. The number of amides is 1. The SMILES string of the molecule is O=C(c1cccc(-c2ccc3c(c2)CCO3)c1)N1CCCC1. The zero-order chi connectivity index (χ0) is 14.9. The van der Waals surface area contributed by atoms with Crippen LogP contribution in [0, 0.1) is 0 Å². The van der Waals surface area contributed by atoms with Crippen molar-refractivity contribution in [2.45, 2.75) is 19.3 Å². The molecule has 0 unspecified atom stereocenters. The van der Waals surface area contributed by atoms with Crippen LogP contribution in [0.1, 0.15) is 28.8 Å². The van der Waals surface area contributed by atoms with Gasteiger partial charge in [0.1, 0.15) is 5.75 Å². The summed E-state index contributed by atoms with van der Waals surface area (Å²) in [4.78, 5) is 14.5. The molecule has 2 aromatic carbocycles. The number of rotatable bonds is 2. The Hall–Kier alpha value is -2.29. The zero-order valence-corrected chi connectivity index (χ0v) is 12.5. The fourth-order valence-electron chi connectivity index (χ4n) is 3.30. The molecule has 1 saturated heterocycles.